The van der Waals surface area contributed by atoms with Gasteiger partial charge >= 0.3 is 5.69 Å². The number of nitrogens with two attached hydrogens (primary N) is 1. The monoisotopic (exact) mass is 196 g/mol. The lowest BCUT2D eigenvalue weighted by molar-refractivity contribution is -0.385. The van der Waals surface area contributed by atoms with Gasteiger partial charge < -0.3 is 10.5 Å². The van der Waals surface area contributed by atoms with Crippen LogP contribution in [0.3, 0.4) is 0 Å². The predicted molar refractivity (Wildman–Crippen MR) is 52.3 cm³/mol. The summed E-state index contributed by atoms with van der Waals surface area (Å²) in [6, 6.07) is 4.48. The fourth-order valence-corrected chi connectivity index (χ4v) is 1.13. The average molecular weight is 196 g/mol. The molecule has 1 aromatic rings. The Morgan fingerprint density at radius 3 is 2.64 bits per heavy atom. The van der Waals surface area contributed by atoms with E-state index in [1.807, 2.05) is 0 Å². The smallest absolute Gasteiger partial charge is 0.311 e. The molecule has 0 saturated carbocycles. The molecule has 76 valence electrons. The summed E-state index contributed by atoms with van der Waals surface area (Å²) in [5, 5.41) is 10.6. The summed E-state index contributed by atoms with van der Waals surface area (Å²) in [6.45, 7) is 1.77. The van der Waals surface area contributed by atoms with E-state index in [4.69, 9.17) is 10.5 Å². The van der Waals surface area contributed by atoms with Gasteiger partial charge in [-0.3, -0.25) is 10.1 Å². The van der Waals surface area contributed by atoms with Crippen LogP contribution < -0.4 is 10.5 Å². The normalized spacial score (nSPS) is 12.2. The summed E-state index contributed by atoms with van der Waals surface area (Å²) in [5.74, 6) is 0.249. The number of nitro groups is 1. The summed E-state index contributed by atoms with van der Waals surface area (Å²) in [7, 11) is 1.40. The largest absolute Gasteiger partial charge is 0.490 e. The number of nitrogens with zero attached hydrogens (tertiary/aromatic N) is 1. The van der Waals surface area contributed by atoms with E-state index < -0.39 is 4.92 Å². The predicted octanol–water partition coefficient (Wildman–Crippen LogP) is 1.62. The van der Waals surface area contributed by atoms with E-state index in [-0.39, 0.29) is 17.5 Å². The summed E-state index contributed by atoms with van der Waals surface area (Å²) < 4.78 is 4.86. The van der Waals surface area contributed by atoms with E-state index >= 15 is 0 Å². The van der Waals surface area contributed by atoms with Crippen molar-refractivity contribution in [3.63, 3.8) is 0 Å². The number of benzene rings is 1. The maximum atomic E-state index is 10.6. The van der Waals surface area contributed by atoms with Gasteiger partial charge in [-0.2, -0.15) is 0 Å². The van der Waals surface area contributed by atoms with Gasteiger partial charge in [0.05, 0.1) is 12.0 Å². The van der Waals surface area contributed by atoms with Crippen LogP contribution in [0.5, 0.6) is 5.75 Å². The zero-order valence-electron chi connectivity index (χ0n) is 8.06. The van der Waals surface area contributed by atoms with E-state index in [0.717, 1.165) is 5.56 Å². The molecule has 0 bridgehead atoms. The summed E-state index contributed by atoms with van der Waals surface area (Å²) in [6.07, 6.45) is 0. The Morgan fingerprint density at radius 2 is 2.21 bits per heavy atom. The topological polar surface area (TPSA) is 78.4 Å². The van der Waals surface area contributed by atoms with Crippen molar-refractivity contribution in [2.75, 3.05) is 7.11 Å². The van der Waals surface area contributed by atoms with Gasteiger partial charge in [-0.25, -0.2) is 0 Å². The summed E-state index contributed by atoms with van der Waals surface area (Å²) >= 11 is 0. The van der Waals surface area contributed by atoms with E-state index in [1.54, 1.807) is 19.1 Å². The van der Waals surface area contributed by atoms with Gasteiger partial charge in [0.15, 0.2) is 5.75 Å². The number of ether oxygens (including phenoxy) is 1. The van der Waals surface area contributed by atoms with E-state index in [0.29, 0.717) is 0 Å². The lowest BCUT2D eigenvalue weighted by Gasteiger charge is -2.07. The van der Waals surface area contributed by atoms with Crippen molar-refractivity contribution in [1.29, 1.82) is 0 Å². The molecule has 1 unspecified atom stereocenters. The van der Waals surface area contributed by atoms with E-state index in [1.165, 1.54) is 13.2 Å². The number of methoxy groups -OCH3 is 1. The lowest BCUT2D eigenvalue weighted by atomic mass is 10.1. The molecule has 0 heterocycles. The Kier molecular flexibility index (Phi) is 3.03. The van der Waals surface area contributed by atoms with Gasteiger partial charge in [0.2, 0.25) is 0 Å². The fraction of sp³-hybridized carbons (Fsp3) is 0.333. The molecule has 1 atom stereocenters. The molecule has 2 N–H and O–H groups in total. The van der Waals surface area contributed by atoms with Crippen LogP contribution in [-0.4, -0.2) is 12.0 Å². The summed E-state index contributed by atoms with van der Waals surface area (Å²) in [4.78, 5) is 10.2. The van der Waals surface area contributed by atoms with Gasteiger partial charge in [-0.1, -0.05) is 6.07 Å². The minimum Gasteiger partial charge on any atom is -0.490 e. The van der Waals surface area contributed by atoms with Crippen molar-refractivity contribution in [2.24, 2.45) is 5.73 Å². The van der Waals surface area contributed by atoms with Crippen LogP contribution in [0.15, 0.2) is 18.2 Å². The summed E-state index contributed by atoms with van der Waals surface area (Å²) in [5.41, 5.74) is 6.28. The molecule has 0 fully saturated rings. The molecule has 1 aromatic carbocycles. The van der Waals surface area contributed by atoms with Gasteiger partial charge in [-0.15, -0.1) is 0 Å². The zero-order chi connectivity index (χ0) is 10.7. The average Bonchev–Trinajstić information content (AvgIpc) is 2.16. The van der Waals surface area contributed by atoms with Crippen molar-refractivity contribution in [3.05, 3.63) is 33.9 Å². The fourth-order valence-electron chi connectivity index (χ4n) is 1.13. The van der Waals surface area contributed by atoms with Crippen molar-refractivity contribution in [2.45, 2.75) is 13.0 Å². The third kappa shape index (κ3) is 2.00. The second kappa shape index (κ2) is 4.06. The van der Waals surface area contributed by atoms with Crippen molar-refractivity contribution < 1.29 is 9.66 Å². The highest BCUT2D eigenvalue weighted by Gasteiger charge is 2.15. The van der Waals surface area contributed by atoms with Crippen LogP contribution >= 0.6 is 0 Å². The molecule has 0 aliphatic rings. The highest BCUT2D eigenvalue weighted by atomic mass is 16.6. The first-order valence-electron chi connectivity index (χ1n) is 4.14. The highest BCUT2D eigenvalue weighted by Crippen LogP contribution is 2.28. The highest BCUT2D eigenvalue weighted by molar-refractivity contribution is 5.49. The molecule has 0 aliphatic heterocycles. The second-order valence-electron chi connectivity index (χ2n) is 2.98. The van der Waals surface area contributed by atoms with Crippen LogP contribution in [0.25, 0.3) is 0 Å². The third-order valence-corrected chi connectivity index (χ3v) is 1.93. The Balaban J connectivity index is 3.21. The van der Waals surface area contributed by atoms with Crippen molar-refractivity contribution in [3.8, 4) is 5.75 Å². The molecule has 0 amide bonds. The molecule has 5 nitrogen and oxygen atoms in total. The minimum absolute atomic E-state index is 0.0534. The molecular formula is C9H12N2O3. The number of hydrogen-bond acceptors (Lipinski definition) is 4. The minimum atomic E-state index is -0.481. The first-order valence-corrected chi connectivity index (χ1v) is 4.14. The number of nitro benzene ring substituents is 1. The first kappa shape index (κ1) is 10.5. The molecule has 0 aromatic heterocycles. The maximum absolute atomic E-state index is 10.6. The van der Waals surface area contributed by atoms with Crippen LogP contribution in [0.4, 0.5) is 5.69 Å². The second-order valence-corrected chi connectivity index (χ2v) is 2.98. The molecule has 0 spiro atoms. The van der Waals surface area contributed by atoms with E-state index in [2.05, 4.69) is 0 Å². The number of rotatable bonds is 3. The quantitative estimate of drug-likeness (QED) is 0.588. The molecular weight excluding hydrogens is 184 g/mol. The molecule has 5 heteroatoms. The van der Waals surface area contributed by atoms with Gasteiger partial charge in [0.25, 0.3) is 0 Å². The molecule has 1 rings (SSSR count). The van der Waals surface area contributed by atoms with Crippen molar-refractivity contribution >= 4 is 5.69 Å². The molecule has 0 radical (unpaired) electrons. The molecule has 14 heavy (non-hydrogen) atoms. The van der Waals surface area contributed by atoms with Gasteiger partial charge in [0.1, 0.15) is 0 Å². The Labute approximate surface area is 81.6 Å². The maximum Gasteiger partial charge on any atom is 0.311 e. The van der Waals surface area contributed by atoms with Crippen molar-refractivity contribution in [1.82, 2.24) is 0 Å². The van der Waals surface area contributed by atoms with Gasteiger partial charge in [-0.05, 0) is 18.6 Å². The number of hydrogen-bond donors (Lipinski definition) is 1. The van der Waals surface area contributed by atoms with Crippen LogP contribution in [0, 0.1) is 10.1 Å². The Morgan fingerprint density at radius 1 is 1.57 bits per heavy atom. The third-order valence-electron chi connectivity index (χ3n) is 1.93. The molecule has 0 aliphatic carbocycles. The molecule has 0 saturated heterocycles. The van der Waals surface area contributed by atoms with Crippen LogP contribution in [-0.2, 0) is 0 Å². The first-order chi connectivity index (χ1) is 6.56. The Hall–Kier alpha value is -1.62. The zero-order valence-corrected chi connectivity index (χ0v) is 8.06. The Bertz CT molecular complexity index is 350. The SMILES string of the molecule is COc1ccc(C(C)N)cc1[N+](=O)[O-]. The lowest BCUT2D eigenvalue weighted by Crippen LogP contribution is -2.05. The van der Waals surface area contributed by atoms with Gasteiger partial charge in [0, 0.05) is 12.1 Å². The van der Waals surface area contributed by atoms with Crippen LogP contribution in [0.2, 0.25) is 0 Å². The standard InChI is InChI=1S/C9H12N2O3/c1-6(10)7-3-4-9(14-2)8(5-7)11(12)13/h3-6H,10H2,1-2H3. The van der Waals surface area contributed by atoms with E-state index in [9.17, 15) is 10.1 Å². The van der Waals surface area contributed by atoms with Crippen LogP contribution in [0.1, 0.15) is 18.5 Å².